The van der Waals surface area contributed by atoms with E-state index >= 15 is 0 Å². The van der Waals surface area contributed by atoms with Crippen LogP contribution in [0, 0.1) is 0 Å². The molecule has 3 aromatic rings. The molecular formula is C24H27N5O2. The fourth-order valence-corrected chi connectivity index (χ4v) is 4.04. The minimum absolute atomic E-state index is 0.00659. The summed E-state index contributed by atoms with van der Waals surface area (Å²) in [5.41, 5.74) is 13.2. The maximum Gasteiger partial charge on any atom is 0.335 e. The minimum atomic E-state index is -0.936. The Morgan fingerprint density at radius 3 is 2.81 bits per heavy atom. The number of hydrogen-bond donors (Lipinski definition) is 4. The zero-order valence-electron chi connectivity index (χ0n) is 17.7. The third-order valence-corrected chi connectivity index (χ3v) is 5.55. The number of allylic oxidation sites excluding steroid dienone is 1. The number of aromatic carboxylic acids is 1. The average Bonchev–Trinajstić information content (AvgIpc) is 3.17. The molecule has 160 valence electrons. The first-order valence-corrected chi connectivity index (χ1v) is 10.4. The highest BCUT2D eigenvalue weighted by Gasteiger charge is 2.22. The summed E-state index contributed by atoms with van der Waals surface area (Å²) in [6.45, 7) is 2.72. The third-order valence-electron chi connectivity index (χ3n) is 5.55. The summed E-state index contributed by atoms with van der Waals surface area (Å²) in [6, 6.07) is 13.3. The lowest BCUT2D eigenvalue weighted by atomic mass is 9.89. The standard InChI is InChI=1S/C24H27N5O2/c1-15(25)23-20-9-8-16(18-13-27-29(2)14-18)12-21(20)22(7-4-10-26-23)28-19-6-3-5-17(11-19)24(30)31/h3,5-6,8-9,11-14,22,26,28H,4,7,10,25H2,1-2H3,(H,30,31)/b23-15-. The molecular weight excluding hydrogens is 390 g/mol. The van der Waals surface area contributed by atoms with Crippen molar-refractivity contribution in [3.63, 3.8) is 0 Å². The van der Waals surface area contributed by atoms with Crippen LogP contribution in [0.2, 0.25) is 0 Å². The molecule has 1 unspecified atom stereocenters. The number of aromatic nitrogens is 2. The highest BCUT2D eigenvalue weighted by molar-refractivity contribution is 5.88. The maximum absolute atomic E-state index is 11.4. The molecule has 1 aliphatic rings. The van der Waals surface area contributed by atoms with Gasteiger partial charge in [-0.2, -0.15) is 5.10 Å². The number of nitrogens with one attached hydrogen (secondary N) is 2. The Labute approximate surface area is 181 Å². The fourth-order valence-electron chi connectivity index (χ4n) is 4.04. The second-order valence-corrected chi connectivity index (χ2v) is 7.91. The van der Waals surface area contributed by atoms with Crippen molar-refractivity contribution >= 4 is 17.4 Å². The van der Waals surface area contributed by atoms with Crippen LogP contribution in [-0.4, -0.2) is 27.4 Å². The summed E-state index contributed by atoms with van der Waals surface area (Å²) in [5.74, 6) is -0.936. The molecule has 5 N–H and O–H groups in total. The van der Waals surface area contributed by atoms with Gasteiger partial charge in [0, 0.05) is 42.3 Å². The van der Waals surface area contributed by atoms with Gasteiger partial charge in [-0.25, -0.2) is 4.79 Å². The van der Waals surface area contributed by atoms with E-state index in [1.54, 1.807) is 22.9 Å². The normalized spacial score (nSPS) is 17.7. The van der Waals surface area contributed by atoms with E-state index in [9.17, 15) is 9.90 Å². The molecule has 7 heteroatoms. The van der Waals surface area contributed by atoms with Crippen molar-refractivity contribution in [2.24, 2.45) is 12.8 Å². The predicted molar refractivity (Wildman–Crippen MR) is 122 cm³/mol. The second-order valence-electron chi connectivity index (χ2n) is 7.91. The molecule has 0 spiro atoms. The smallest absolute Gasteiger partial charge is 0.335 e. The number of carboxylic acid groups (broad SMARTS) is 1. The Bertz CT molecular complexity index is 1140. The number of nitrogens with zero attached hydrogens (tertiary/aromatic N) is 2. The van der Waals surface area contributed by atoms with Gasteiger partial charge in [0.1, 0.15) is 0 Å². The van der Waals surface area contributed by atoms with Gasteiger partial charge in [-0.1, -0.05) is 18.2 Å². The van der Waals surface area contributed by atoms with Crippen LogP contribution in [0.1, 0.15) is 47.3 Å². The molecule has 2 heterocycles. The monoisotopic (exact) mass is 417 g/mol. The number of anilines is 1. The lowest BCUT2D eigenvalue weighted by molar-refractivity contribution is 0.0697. The highest BCUT2D eigenvalue weighted by Crippen LogP contribution is 2.35. The second kappa shape index (κ2) is 8.55. The first-order valence-electron chi connectivity index (χ1n) is 10.4. The fraction of sp³-hybridized carbons (Fsp3) is 0.250. The van der Waals surface area contributed by atoms with E-state index in [1.807, 2.05) is 32.4 Å². The largest absolute Gasteiger partial charge is 0.478 e. The Morgan fingerprint density at radius 1 is 1.26 bits per heavy atom. The Morgan fingerprint density at radius 2 is 2.10 bits per heavy atom. The number of carboxylic acids is 1. The molecule has 0 fully saturated rings. The van der Waals surface area contributed by atoms with Crippen LogP contribution in [0.15, 0.2) is 60.6 Å². The van der Waals surface area contributed by atoms with Crippen LogP contribution < -0.4 is 16.4 Å². The molecule has 1 aromatic heterocycles. The molecule has 1 aliphatic heterocycles. The first kappa shape index (κ1) is 20.5. The van der Waals surface area contributed by atoms with Crippen LogP contribution in [-0.2, 0) is 7.05 Å². The highest BCUT2D eigenvalue weighted by atomic mass is 16.4. The molecule has 0 radical (unpaired) electrons. The molecule has 1 atom stereocenters. The van der Waals surface area contributed by atoms with E-state index in [2.05, 4.69) is 33.9 Å². The van der Waals surface area contributed by atoms with Crippen molar-refractivity contribution in [1.29, 1.82) is 0 Å². The van der Waals surface area contributed by atoms with Gasteiger partial charge in [-0.3, -0.25) is 4.68 Å². The quantitative estimate of drug-likeness (QED) is 0.512. The van der Waals surface area contributed by atoms with Crippen molar-refractivity contribution in [1.82, 2.24) is 15.1 Å². The number of hydrogen-bond acceptors (Lipinski definition) is 5. The van der Waals surface area contributed by atoms with Crippen molar-refractivity contribution in [2.45, 2.75) is 25.8 Å². The first-order chi connectivity index (χ1) is 14.9. The lowest BCUT2D eigenvalue weighted by Gasteiger charge is -2.28. The molecule has 0 saturated carbocycles. The van der Waals surface area contributed by atoms with Crippen LogP contribution >= 0.6 is 0 Å². The number of carbonyl (C=O) groups is 1. The number of aryl methyl sites for hydroxylation is 1. The van der Waals surface area contributed by atoms with E-state index in [4.69, 9.17) is 5.73 Å². The Balaban J connectivity index is 1.80. The molecule has 0 bridgehead atoms. The van der Waals surface area contributed by atoms with Gasteiger partial charge >= 0.3 is 5.97 Å². The molecule has 0 amide bonds. The van der Waals surface area contributed by atoms with Crippen molar-refractivity contribution in [2.75, 3.05) is 11.9 Å². The van der Waals surface area contributed by atoms with Gasteiger partial charge in [-0.05, 0) is 55.2 Å². The van der Waals surface area contributed by atoms with Crippen LogP contribution in [0.25, 0.3) is 16.8 Å². The zero-order chi connectivity index (χ0) is 22.0. The third kappa shape index (κ3) is 4.40. The summed E-state index contributed by atoms with van der Waals surface area (Å²) >= 11 is 0. The molecule has 0 aliphatic carbocycles. The molecule has 2 aromatic carbocycles. The Hall–Kier alpha value is -3.74. The van der Waals surface area contributed by atoms with E-state index in [0.29, 0.717) is 0 Å². The van der Waals surface area contributed by atoms with Crippen LogP contribution in [0.4, 0.5) is 5.69 Å². The van der Waals surface area contributed by atoms with Gasteiger partial charge in [0.05, 0.1) is 23.5 Å². The number of benzene rings is 2. The van der Waals surface area contributed by atoms with Gasteiger partial charge in [0.15, 0.2) is 0 Å². The predicted octanol–water partition coefficient (Wildman–Crippen LogP) is 3.97. The summed E-state index contributed by atoms with van der Waals surface area (Å²) in [5, 5.41) is 20.7. The summed E-state index contributed by atoms with van der Waals surface area (Å²) in [6.07, 6.45) is 5.69. The molecule has 0 saturated heterocycles. The lowest BCUT2D eigenvalue weighted by Crippen LogP contribution is -2.25. The van der Waals surface area contributed by atoms with Crippen LogP contribution in [0.5, 0.6) is 0 Å². The summed E-state index contributed by atoms with van der Waals surface area (Å²) < 4.78 is 1.79. The summed E-state index contributed by atoms with van der Waals surface area (Å²) in [7, 11) is 1.90. The topological polar surface area (TPSA) is 105 Å². The van der Waals surface area contributed by atoms with E-state index < -0.39 is 5.97 Å². The molecule has 7 nitrogen and oxygen atoms in total. The van der Waals surface area contributed by atoms with Crippen molar-refractivity contribution in [3.05, 3.63) is 77.2 Å². The zero-order valence-corrected chi connectivity index (χ0v) is 17.7. The maximum atomic E-state index is 11.4. The summed E-state index contributed by atoms with van der Waals surface area (Å²) in [4.78, 5) is 11.4. The van der Waals surface area contributed by atoms with Gasteiger partial charge in [0.25, 0.3) is 0 Å². The Kier molecular flexibility index (Phi) is 5.66. The minimum Gasteiger partial charge on any atom is -0.478 e. The number of fused-ring (bicyclic) bond motifs is 1. The average molecular weight is 418 g/mol. The van der Waals surface area contributed by atoms with Gasteiger partial charge in [0.2, 0.25) is 0 Å². The van der Waals surface area contributed by atoms with Crippen LogP contribution in [0.3, 0.4) is 0 Å². The van der Waals surface area contributed by atoms with Crippen molar-refractivity contribution < 1.29 is 9.90 Å². The SMILES string of the molecule is C/C(N)=C1/NCCCC(Nc2cccc(C(=O)O)c2)c2cc(-c3cnn(C)c3)ccc21. The van der Waals surface area contributed by atoms with Gasteiger partial charge in [-0.15, -0.1) is 0 Å². The number of nitrogens with two attached hydrogens (primary N) is 1. The molecule has 31 heavy (non-hydrogen) atoms. The van der Waals surface area contributed by atoms with E-state index in [0.717, 1.165) is 58.7 Å². The van der Waals surface area contributed by atoms with Crippen molar-refractivity contribution in [3.8, 4) is 11.1 Å². The number of rotatable bonds is 4. The van der Waals surface area contributed by atoms with E-state index in [-0.39, 0.29) is 11.6 Å². The van der Waals surface area contributed by atoms with Gasteiger partial charge < -0.3 is 21.5 Å². The van der Waals surface area contributed by atoms with E-state index in [1.165, 1.54) is 0 Å². The molecule has 4 rings (SSSR count).